The third-order valence-electron chi connectivity index (χ3n) is 6.83. The standard InChI is InChI=1S/C26H28BrN3O4/c1-16-18(14-25-26(32)20-13-21(27)23(31)15-24(20)34-25)19-12-17(33-3)4-5-22(19)30(16)11-10-29-8-6-28(2)7-9-29/h4-5,12-15,31H,6-11H2,1-3H3/b25-14-. The van der Waals surface area contributed by atoms with Gasteiger partial charge in [-0.2, -0.15) is 0 Å². The topological polar surface area (TPSA) is 67.2 Å². The summed E-state index contributed by atoms with van der Waals surface area (Å²) in [6.45, 7) is 8.23. The van der Waals surface area contributed by atoms with E-state index in [1.54, 1.807) is 13.2 Å². The van der Waals surface area contributed by atoms with E-state index in [0.717, 1.165) is 67.2 Å². The molecule has 1 saturated heterocycles. The number of carbonyl (C=O) groups excluding carboxylic acids is 1. The van der Waals surface area contributed by atoms with Gasteiger partial charge < -0.3 is 24.0 Å². The monoisotopic (exact) mass is 525 g/mol. The number of phenolic OH excluding ortho intramolecular Hbond substituents is 1. The molecule has 2 aromatic carbocycles. The van der Waals surface area contributed by atoms with Crippen LogP contribution in [0, 0.1) is 6.92 Å². The second-order valence-corrected chi connectivity index (χ2v) is 9.77. The summed E-state index contributed by atoms with van der Waals surface area (Å²) in [5, 5.41) is 11.0. The number of likely N-dealkylation sites (N-methyl/N-ethyl adjacent to an activating group) is 1. The van der Waals surface area contributed by atoms with E-state index in [9.17, 15) is 9.90 Å². The van der Waals surface area contributed by atoms with Crippen molar-refractivity contribution in [2.24, 2.45) is 0 Å². The van der Waals surface area contributed by atoms with E-state index < -0.39 is 0 Å². The molecule has 2 aliphatic rings. The van der Waals surface area contributed by atoms with Crippen LogP contribution in [0.2, 0.25) is 0 Å². The van der Waals surface area contributed by atoms with Crippen molar-refractivity contribution in [1.82, 2.24) is 14.4 Å². The fraction of sp³-hybridized carbons (Fsp3) is 0.346. The molecule has 0 unspecified atom stereocenters. The number of fused-ring (bicyclic) bond motifs is 2. The van der Waals surface area contributed by atoms with E-state index in [4.69, 9.17) is 9.47 Å². The molecule has 8 heteroatoms. The molecule has 1 fully saturated rings. The zero-order valence-electron chi connectivity index (χ0n) is 19.6. The van der Waals surface area contributed by atoms with Gasteiger partial charge in [0.05, 0.1) is 17.1 Å². The Labute approximate surface area is 207 Å². The first kappa shape index (κ1) is 23.0. The highest BCUT2D eigenvalue weighted by atomic mass is 79.9. The fourth-order valence-electron chi connectivity index (χ4n) is 4.73. The van der Waals surface area contributed by atoms with E-state index in [2.05, 4.69) is 50.3 Å². The molecule has 1 N–H and O–H groups in total. The number of hydrogen-bond acceptors (Lipinski definition) is 6. The molecule has 0 radical (unpaired) electrons. The summed E-state index contributed by atoms with van der Waals surface area (Å²) in [7, 11) is 3.82. The van der Waals surface area contributed by atoms with Crippen LogP contribution in [0.1, 0.15) is 21.6 Å². The molecule has 7 nitrogen and oxygen atoms in total. The number of aromatic hydroxyl groups is 1. The lowest BCUT2D eigenvalue weighted by molar-refractivity contribution is 0.101. The minimum atomic E-state index is -0.198. The number of ether oxygens (including phenoxy) is 2. The SMILES string of the molecule is COc1ccc2c(c1)c(/C=C1\Oc3cc(O)c(Br)cc3C1=O)c(C)n2CCN1CCN(C)CC1. The van der Waals surface area contributed by atoms with Gasteiger partial charge >= 0.3 is 0 Å². The Morgan fingerprint density at radius 1 is 1.15 bits per heavy atom. The van der Waals surface area contributed by atoms with Crippen LogP contribution >= 0.6 is 15.9 Å². The number of phenols is 1. The average Bonchev–Trinajstić information content (AvgIpc) is 3.27. The lowest BCUT2D eigenvalue weighted by atomic mass is 10.1. The second kappa shape index (κ2) is 9.09. The number of allylic oxidation sites excluding steroid dienone is 1. The summed E-state index contributed by atoms with van der Waals surface area (Å²) in [5.74, 6) is 1.22. The molecule has 3 aromatic rings. The first-order valence-electron chi connectivity index (χ1n) is 11.4. The van der Waals surface area contributed by atoms with Crippen molar-refractivity contribution in [2.75, 3.05) is 46.9 Å². The molecule has 34 heavy (non-hydrogen) atoms. The molecule has 0 spiro atoms. The van der Waals surface area contributed by atoms with Crippen molar-refractivity contribution in [3.63, 3.8) is 0 Å². The first-order valence-corrected chi connectivity index (χ1v) is 12.2. The molecule has 3 heterocycles. The van der Waals surface area contributed by atoms with Crippen LogP contribution in [0.3, 0.4) is 0 Å². The summed E-state index contributed by atoms with van der Waals surface area (Å²) < 4.78 is 14.1. The van der Waals surface area contributed by atoms with Gasteiger partial charge in [0.25, 0.3) is 0 Å². The minimum absolute atomic E-state index is 0.0363. The average molecular weight is 526 g/mol. The first-order chi connectivity index (χ1) is 16.4. The van der Waals surface area contributed by atoms with Crippen LogP contribution in [-0.4, -0.2) is 72.1 Å². The van der Waals surface area contributed by atoms with Crippen molar-refractivity contribution in [2.45, 2.75) is 13.5 Å². The van der Waals surface area contributed by atoms with E-state index >= 15 is 0 Å². The van der Waals surface area contributed by atoms with Crippen LogP contribution in [-0.2, 0) is 6.54 Å². The maximum atomic E-state index is 13.1. The van der Waals surface area contributed by atoms with Crippen molar-refractivity contribution in [3.8, 4) is 17.2 Å². The van der Waals surface area contributed by atoms with Crippen LogP contribution in [0.4, 0.5) is 0 Å². The summed E-state index contributed by atoms with van der Waals surface area (Å²) in [6, 6.07) is 9.12. The molecular formula is C26H28BrN3O4. The van der Waals surface area contributed by atoms with Gasteiger partial charge in [-0.05, 0) is 60.2 Å². The molecule has 0 aliphatic carbocycles. The number of halogens is 1. The van der Waals surface area contributed by atoms with Crippen molar-refractivity contribution in [1.29, 1.82) is 0 Å². The molecule has 5 rings (SSSR count). The Balaban J connectivity index is 1.52. The lowest BCUT2D eigenvalue weighted by Gasteiger charge is -2.32. The number of nitrogens with zero attached hydrogens (tertiary/aromatic N) is 3. The minimum Gasteiger partial charge on any atom is -0.507 e. The van der Waals surface area contributed by atoms with Crippen molar-refractivity contribution < 1.29 is 19.4 Å². The molecule has 1 aromatic heterocycles. The largest absolute Gasteiger partial charge is 0.507 e. The summed E-state index contributed by atoms with van der Waals surface area (Å²) in [6.07, 6.45) is 1.82. The number of piperazine rings is 1. The van der Waals surface area contributed by atoms with Gasteiger partial charge in [0.1, 0.15) is 17.2 Å². The summed E-state index contributed by atoms with van der Waals surface area (Å²) >= 11 is 3.28. The summed E-state index contributed by atoms with van der Waals surface area (Å²) in [5.41, 5.74) is 3.54. The Morgan fingerprint density at radius 2 is 1.91 bits per heavy atom. The molecule has 2 aliphatic heterocycles. The third-order valence-corrected chi connectivity index (χ3v) is 7.46. The van der Waals surface area contributed by atoms with Gasteiger partial charge in [-0.1, -0.05) is 0 Å². The molecule has 178 valence electrons. The zero-order valence-corrected chi connectivity index (χ0v) is 21.2. The van der Waals surface area contributed by atoms with Gasteiger partial charge in [0.2, 0.25) is 5.78 Å². The molecule has 0 saturated carbocycles. The molecule has 0 amide bonds. The number of benzene rings is 2. The molecule has 0 atom stereocenters. The Hall–Kier alpha value is -2.81. The van der Waals surface area contributed by atoms with Gasteiger partial charge in [-0.3, -0.25) is 9.69 Å². The van der Waals surface area contributed by atoms with E-state index in [0.29, 0.717) is 15.8 Å². The van der Waals surface area contributed by atoms with Gasteiger partial charge in [0.15, 0.2) is 5.76 Å². The van der Waals surface area contributed by atoms with Crippen LogP contribution in [0.25, 0.3) is 17.0 Å². The number of hydrogen-bond donors (Lipinski definition) is 1. The smallest absolute Gasteiger partial charge is 0.232 e. The van der Waals surface area contributed by atoms with Crippen LogP contribution in [0.15, 0.2) is 40.6 Å². The predicted molar refractivity (Wildman–Crippen MR) is 136 cm³/mol. The van der Waals surface area contributed by atoms with Crippen molar-refractivity contribution >= 4 is 38.7 Å². The number of rotatable bonds is 5. The molecule has 0 bridgehead atoms. The Morgan fingerprint density at radius 3 is 2.65 bits per heavy atom. The van der Waals surface area contributed by atoms with Gasteiger partial charge in [-0.15, -0.1) is 0 Å². The van der Waals surface area contributed by atoms with E-state index in [1.807, 2.05) is 18.2 Å². The zero-order chi connectivity index (χ0) is 24.0. The normalized spacial score (nSPS) is 18.0. The quantitative estimate of drug-likeness (QED) is 0.501. The fourth-order valence-corrected chi connectivity index (χ4v) is 5.07. The predicted octanol–water partition coefficient (Wildman–Crippen LogP) is 4.29. The number of aromatic nitrogens is 1. The Kier molecular flexibility index (Phi) is 6.14. The highest BCUT2D eigenvalue weighted by Crippen LogP contribution is 2.40. The Bertz CT molecular complexity index is 1310. The van der Waals surface area contributed by atoms with Crippen LogP contribution in [0.5, 0.6) is 17.2 Å². The highest BCUT2D eigenvalue weighted by Gasteiger charge is 2.29. The highest BCUT2D eigenvalue weighted by molar-refractivity contribution is 9.10. The number of methoxy groups -OCH3 is 1. The number of ketones is 1. The summed E-state index contributed by atoms with van der Waals surface area (Å²) in [4.78, 5) is 17.9. The van der Waals surface area contributed by atoms with E-state index in [-0.39, 0.29) is 17.3 Å². The maximum absolute atomic E-state index is 13.1. The third kappa shape index (κ3) is 4.10. The van der Waals surface area contributed by atoms with Crippen LogP contribution < -0.4 is 9.47 Å². The van der Waals surface area contributed by atoms with Gasteiger partial charge in [0, 0.05) is 67.5 Å². The second-order valence-electron chi connectivity index (χ2n) is 8.92. The van der Waals surface area contributed by atoms with Gasteiger partial charge in [-0.25, -0.2) is 0 Å². The lowest BCUT2D eigenvalue weighted by Crippen LogP contribution is -2.45. The number of carbonyl (C=O) groups is 1. The van der Waals surface area contributed by atoms with Crippen molar-refractivity contribution in [3.05, 3.63) is 57.4 Å². The number of Topliss-reactive ketones (excluding diaryl/α,β-unsaturated/α-hetero) is 1. The van der Waals surface area contributed by atoms with E-state index in [1.165, 1.54) is 6.07 Å². The molecular weight excluding hydrogens is 498 g/mol. The maximum Gasteiger partial charge on any atom is 0.232 e.